The zero-order chi connectivity index (χ0) is 8.85. The maximum absolute atomic E-state index is 11.5. The minimum absolute atomic E-state index is 0.172. The van der Waals surface area contributed by atoms with E-state index in [1.165, 1.54) is 0 Å². The van der Waals surface area contributed by atoms with Crippen molar-refractivity contribution < 1.29 is 13.6 Å². The number of hydrogen-bond donors (Lipinski definition) is 1. The normalized spacial score (nSPS) is 9.55. The van der Waals surface area contributed by atoms with Crippen molar-refractivity contribution in [1.29, 1.82) is 0 Å². The Balaban J connectivity index is 3.56. The van der Waals surface area contributed by atoms with Gasteiger partial charge in [-0.15, -0.1) is 0 Å². The molecule has 0 unspecified atom stereocenters. The van der Waals surface area contributed by atoms with Crippen molar-refractivity contribution in [2.45, 2.75) is 20.3 Å². The summed E-state index contributed by atoms with van der Waals surface area (Å²) >= 11 is 0. The molecule has 11 heavy (non-hydrogen) atoms. The van der Waals surface area contributed by atoms with E-state index in [4.69, 9.17) is 0 Å². The fourth-order valence-electron chi connectivity index (χ4n) is 0.433. The van der Waals surface area contributed by atoms with E-state index < -0.39 is 12.3 Å². The Kier molecular flexibility index (Phi) is 4.41. The van der Waals surface area contributed by atoms with Crippen molar-refractivity contribution in [2.24, 2.45) is 0 Å². The molecule has 0 radical (unpaired) electrons. The predicted octanol–water partition coefficient (Wildman–Crippen LogP) is 1.33. The molecule has 0 heterocycles. The van der Waals surface area contributed by atoms with Crippen LogP contribution in [0.2, 0.25) is 0 Å². The molecule has 0 saturated heterocycles. The second kappa shape index (κ2) is 4.82. The molecule has 1 N–H and O–H groups in total. The third kappa shape index (κ3) is 5.51. The smallest absolute Gasteiger partial charge is 0.315 e. The number of hydrogen-bond acceptors (Lipinski definition) is 1. The fraction of sp³-hybridized carbons (Fsp3) is 0.571. The summed E-state index contributed by atoms with van der Waals surface area (Å²) in [5.41, 5.74) is 0.986. The molecule has 0 aliphatic rings. The molecule has 64 valence electrons. The molecule has 1 amide bonds. The van der Waals surface area contributed by atoms with Crippen molar-refractivity contribution in [3.63, 3.8) is 0 Å². The Hall–Kier alpha value is -0.930. The summed E-state index contributed by atoms with van der Waals surface area (Å²) in [5.74, 6) is -1.22. The molecule has 0 bridgehead atoms. The van der Waals surface area contributed by atoms with Gasteiger partial charge in [0.05, 0.1) is 0 Å². The summed E-state index contributed by atoms with van der Waals surface area (Å²) in [5, 5.41) is 2.05. The third-order valence-corrected chi connectivity index (χ3v) is 0.985. The van der Waals surface area contributed by atoms with E-state index in [1.807, 2.05) is 19.2 Å². The molecule has 4 heteroatoms. The zero-order valence-corrected chi connectivity index (χ0v) is 6.53. The molecule has 0 spiro atoms. The maximum atomic E-state index is 11.5. The van der Waals surface area contributed by atoms with Crippen molar-refractivity contribution in [3.05, 3.63) is 11.6 Å². The highest BCUT2D eigenvalue weighted by molar-refractivity contribution is 5.79. The van der Waals surface area contributed by atoms with Gasteiger partial charge in [0.2, 0.25) is 0 Å². The first-order chi connectivity index (χ1) is 5.04. The predicted molar refractivity (Wildman–Crippen MR) is 38.4 cm³/mol. The van der Waals surface area contributed by atoms with Crippen LogP contribution in [0.3, 0.4) is 0 Å². The highest BCUT2D eigenvalue weighted by atomic mass is 19.3. The highest BCUT2D eigenvalue weighted by Crippen LogP contribution is 1.91. The summed E-state index contributed by atoms with van der Waals surface area (Å²) in [6.45, 7) is 3.83. The van der Waals surface area contributed by atoms with Crippen LogP contribution in [0.1, 0.15) is 13.8 Å². The second-order valence-electron chi connectivity index (χ2n) is 2.33. The van der Waals surface area contributed by atoms with Gasteiger partial charge in [0.25, 0.3) is 5.91 Å². The van der Waals surface area contributed by atoms with Gasteiger partial charge in [-0.05, 0) is 13.8 Å². The van der Waals surface area contributed by atoms with Crippen LogP contribution in [0.4, 0.5) is 8.78 Å². The number of nitrogens with one attached hydrogen (secondary N) is 1. The first kappa shape index (κ1) is 10.1. The van der Waals surface area contributed by atoms with E-state index in [0.717, 1.165) is 5.57 Å². The lowest BCUT2D eigenvalue weighted by molar-refractivity contribution is -0.131. The number of rotatable bonds is 3. The van der Waals surface area contributed by atoms with E-state index in [1.54, 1.807) is 6.08 Å². The first-order valence-corrected chi connectivity index (χ1v) is 3.23. The SMILES string of the molecule is CC(C)=CCNC(=O)C(F)F. The second-order valence-corrected chi connectivity index (χ2v) is 2.33. The van der Waals surface area contributed by atoms with Crippen LogP contribution >= 0.6 is 0 Å². The van der Waals surface area contributed by atoms with Gasteiger partial charge in [0, 0.05) is 6.54 Å². The standard InChI is InChI=1S/C7H11F2NO/c1-5(2)3-4-10-7(11)6(8)9/h3,6H,4H2,1-2H3,(H,10,11). The quantitative estimate of drug-likeness (QED) is 0.625. The Morgan fingerprint density at radius 2 is 2.09 bits per heavy atom. The average molecular weight is 163 g/mol. The number of alkyl halides is 2. The van der Waals surface area contributed by atoms with Gasteiger partial charge >= 0.3 is 6.43 Å². The van der Waals surface area contributed by atoms with Crippen LogP contribution in [0.5, 0.6) is 0 Å². The first-order valence-electron chi connectivity index (χ1n) is 3.23. The van der Waals surface area contributed by atoms with E-state index >= 15 is 0 Å². The number of allylic oxidation sites excluding steroid dienone is 1. The van der Waals surface area contributed by atoms with Crippen molar-refractivity contribution >= 4 is 5.91 Å². The van der Waals surface area contributed by atoms with Crippen LogP contribution in [0.25, 0.3) is 0 Å². The van der Waals surface area contributed by atoms with Crippen molar-refractivity contribution in [1.82, 2.24) is 5.32 Å². The topological polar surface area (TPSA) is 29.1 Å². The van der Waals surface area contributed by atoms with Gasteiger partial charge in [-0.25, -0.2) is 0 Å². The summed E-state index contributed by atoms with van der Waals surface area (Å²) in [7, 11) is 0. The van der Waals surface area contributed by atoms with Gasteiger partial charge in [-0.3, -0.25) is 4.79 Å². The fourth-order valence-corrected chi connectivity index (χ4v) is 0.433. The minimum Gasteiger partial charge on any atom is -0.348 e. The van der Waals surface area contributed by atoms with Crippen LogP contribution in [-0.4, -0.2) is 18.9 Å². The van der Waals surface area contributed by atoms with Crippen LogP contribution in [-0.2, 0) is 4.79 Å². The lowest BCUT2D eigenvalue weighted by Gasteiger charge is -1.99. The molecule has 2 nitrogen and oxygen atoms in total. The molecule has 0 fully saturated rings. The Bertz CT molecular complexity index is 162. The number of amides is 1. The Labute approximate surface area is 64.3 Å². The molecule has 0 aliphatic carbocycles. The van der Waals surface area contributed by atoms with Crippen molar-refractivity contribution in [2.75, 3.05) is 6.54 Å². The summed E-state index contributed by atoms with van der Waals surface area (Å²) in [4.78, 5) is 10.2. The Morgan fingerprint density at radius 1 is 1.55 bits per heavy atom. The molecule has 0 aliphatic heterocycles. The van der Waals surface area contributed by atoms with Crippen LogP contribution < -0.4 is 5.32 Å². The van der Waals surface area contributed by atoms with E-state index in [0.29, 0.717) is 0 Å². The molecule has 0 rings (SSSR count). The number of carbonyl (C=O) groups excluding carboxylic acids is 1. The maximum Gasteiger partial charge on any atom is 0.315 e. The van der Waals surface area contributed by atoms with Gasteiger partial charge in [0.1, 0.15) is 0 Å². The third-order valence-electron chi connectivity index (χ3n) is 0.985. The highest BCUT2D eigenvalue weighted by Gasteiger charge is 2.12. The number of carbonyl (C=O) groups is 1. The largest absolute Gasteiger partial charge is 0.348 e. The van der Waals surface area contributed by atoms with Crippen molar-refractivity contribution in [3.8, 4) is 0 Å². The molecule has 0 atom stereocenters. The molecule has 0 aromatic heterocycles. The van der Waals surface area contributed by atoms with Gasteiger partial charge in [0.15, 0.2) is 0 Å². The zero-order valence-electron chi connectivity index (χ0n) is 6.53. The lowest BCUT2D eigenvalue weighted by atomic mass is 10.3. The molecular formula is C7H11F2NO. The molecule has 0 saturated carbocycles. The van der Waals surface area contributed by atoms with E-state index in [-0.39, 0.29) is 6.54 Å². The minimum atomic E-state index is -2.92. The van der Waals surface area contributed by atoms with E-state index in [9.17, 15) is 13.6 Å². The molecular weight excluding hydrogens is 152 g/mol. The summed E-state index contributed by atoms with van der Waals surface area (Å²) in [6, 6.07) is 0. The summed E-state index contributed by atoms with van der Waals surface area (Å²) < 4.78 is 23.0. The number of halogens is 2. The van der Waals surface area contributed by atoms with Gasteiger partial charge in [-0.1, -0.05) is 11.6 Å². The van der Waals surface area contributed by atoms with E-state index in [2.05, 4.69) is 0 Å². The Morgan fingerprint density at radius 3 is 2.45 bits per heavy atom. The monoisotopic (exact) mass is 163 g/mol. The molecule has 0 aromatic rings. The van der Waals surface area contributed by atoms with Crippen LogP contribution in [0.15, 0.2) is 11.6 Å². The lowest BCUT2D eigenvalue weighted by Crippen LogP contribution is -2.29. The van der Waals surface area contributed by atoms with Crippen LogP contribution in [0, 0.1) is 0 Å². The van der Waals surface area contributed by atoms with Gasteiger partial charge in [-0.2, -0.15) is 8.78 Å². The average Bonchev–Trinajstić information content (AvgIpc) is 1.86. The molecule has 0 aromatic carbocycles. The summed E-state index contributed by atoms with van der Waals surface area (Å²) in [6.07, 6.45) is -1.25. The van der Waals surface area contributed by atoms with Gasteiger partial charge < -0.3 is 5.32 Å².